The van der Waals surface area contributed by atoms with E-state index in [4.69, 9.17) is 5.73 Å². The number of likely N-dealkylation sites (N-methyl/N-ethyl adjacent to an activating group) is 1. The first kappa shape index (κ1) is 26.3. The fourth-order valence-electron chi connectivity index (χ4n) is 3.99. The highest BCUT2D eigenvalue weighted by atomic mass is 19.4. The van der Waals surface area contributed by atoms with Crippen LogP contribution in [0.25, 0.3) is 0 Å². The highest BCUT2D eigenvalue weighted by Crippen LogP contribution is 2.29. The van der Waals surface area contributed by atoms with Crippen molar-refractivity contribution in [3.8, 4) is 0 Å². The van der Waals surface area contributed by atoms with Crippen LogP contribution in [-0.4, -0.2) is 64.6 Å². The van der Waals surface area contributed by atoms with E-state index in [0.717, 1.165) is 18.7 Å². The number of nitrogens with one attached hydrogen (secondary N) is 1. The number of nitrogens with zero attached hydrogens (tertiary/aromatic N) is 5. The maximum Gasteiger partial charge on any atom is 0.417 e. The lowest BCUT2D eigenvalue weighted by Crippen LogP contribution is -2.51. The Morgan fingerprint density at radius 2 is 1.86 bits per heavy atom. The third kappa shape index (κ3) is 6.02. The Hall–Kier alpha value is -3.35. The maximum absolute atomic E-state index is 13.1. The second kappa shape index (κ2) is 10.9. The molecule has 1 fully saturated rings. The number of H-pyrrole nitrogens is 1. The van der Waals surface area contributed by atoms with Crippen molar-refractivity contribution in [2.45, 2.75) is 39.4 Å². The fraction of sp³-hybridized carbons (Fsp3) is 0.545. The van der Waals surface area contributed by atoms with Crippen molar-refractivity contribution in [3.05, 3.63) is 44.7 Å². The molecule has 0 bridgehead atoms. The Bertz CT molecular complexity index is 1140. The maximum atomic E-state index is 13.1. The summed E-state index contributed by atoms with van der Waals surface area (Å²) in [6, 6.07) is 2.34. The number of carbonyl (C=O) groups is 1. The molecule has 3 rings (SSSR count). The van der Waals surface area contributed by atoms with Gasteiger partial charge >= 0.3 is 11.9 Å². The summed E-state index contributed by atoms with van der Waals surface area (Å²) in [6.45, 7) is 6.13. The summed E-state index contributed by atoms with van der Waals surface area (Å²) in [6.07, 6.45) is -2.12. The number of rotatable bonds is 8. The number of halogens is 3. The number of unbranched alkanes of at least 4 members (excludes halogenated alkanes) is 1. The van der Waals surface area contributed by atoms with Crippen molar-refractivity contribution in [2.24, 2.45) is 0 Å². The number of hydrogen-bond acceptors (Lipinski definition) is 7. The van der Waals surface area contributed by atoms with Crippen LogP contribution in [-0.2, 0) is 17.5 Å². The first-order valence-corrected chi connectivity index (χ1v) is 11.5. The molecule has 13 heteroatoms. The first-order valence-electron chi connectivity index (χ1n) is 11.5. The number of aromatic amines is 1. The van der Waals surface area contributed by atoms with Crippen LogP contribution in [0.4, 0.5) is 30.5 Å². The highest BCUT2D eigenvalue weighted by molar-refractivity contribution is 5.96. The molecule has 3 heterocycles. The van der Waals surface area contributed by atoms with Crippen LogP contribution in [0.3, 0.4) is 0 Å². The minimum Gasteiger partial charge on any atom is -0.383 e. The van der Waals surface area contributed by atoms with Crippen molar-refractivity contribution in [3.63, 3.8) is 0 Å². The molecule has 0 aliphatic carbocycles. The van der Waals surface area contributed by atoms with Crippen molar-refractivity contribution in [2.75, 3.05) is 54.8 Å². The van der Waals surface area contributed by atoms with Gasteiger partial charge in [-0.3, -0.25) is 24.0 Å². The Balaban J connectivity index is 1.67. The summed E-state index contributed by atoms with van der Waals surface area (Å²) in [7, 11) is 0. The second-order valence-corrected chi connectivity index (χ2v) is 8.30. The number of carbonyl (C=O) groups excluding carboxylic acids is 1. The summed E-state index contributed by atoms with van der Waals surface area (Å²) in [5.74, 6) is 0.0555. The van der Waals surface area contributed by atoms with Crippen LogP contribution in [0.1, 0.15) is 32.3 Å². The summed E-state index contributed by atoms with van der Waals surface area (Å²) < 4.78 is 39.5. The zero-order valence-corrected chi connectivity index (χ0v) is 19.8. The van der Waals surface area contributed by atoms with Crippen LogP contribution in [0.5, 0.6) is 0 Å². The van der Waals surface area contributed by atoms with E-state index in [2.05, 4.69) is 9.97 Å². The Kier molecular flexibility index (Phi) is 8.20. The first-order chi connectivity index (χ1) is 16.6. The zero-order valence-electron chi connectivity index (χ0n) is 19.8. The quantitative estimate of drug-likeness (QED) is 0.567. The topological polar surface area (TPSA) is 121 Å². The fourth-order valence-corrected chi connectivity index (χ4v) is 3.99. The molecule has 0 unspecified atom stereocenters. The molecule has 0 aromatic carbocycles. The van der Waals surface area contributed by atoms with Crippen molar-refractivity contribution in [1.29, 1.82) is 0 Å². The van der Waals surface area contributed by atoms with Gasteiger partial charge in [-0.1, -0.05) is 13.3 Å². The molecule has 2 aromatic rings. The third-order valence-corrected chi connectivity index (χ3v) is 5.97. The predicted octanol–water partition coefficient (Wildman–Crippen LogP) is 1.51. The molecule has 1 aliphatic heterocycles. The number of piperazine rings is 1. The van der Waals surface area contributed by atoms with E-state index < -0.39 is 23.0 Å². The Morgan fingerprint density at radius 1 is 1.17 bits per heavy atom. The standard InChI is InChI=1S/C22H30F3N7O3/c1-3-5-8-32-19(26)18(20(34)28-21(32)35)31(4-2)17(33)14-29-9-11-30(12-10-29)16-7-6-15(13-27-16)22(23,24)25/h6-7,13H,3-5,8-12,14,26H2,1-2H3,(H,28,34,35). The summed E-state index contributed by atoms with van der Waals surface area (Å²) in [5.41, 5.74) is 3.97. The van der Waals surface area contributed by atoms with Gasteiger partial charge in [-0.05, 0) is 25.5 Å². The molecule has 0 spiro atoms. The molecule has 35 heavy (non-hydrogen) atoms. The molecule has 2 aromatic heterocycles. The van der Waals surface area contributed by atoms with Crippen LogP contribution < -0.4 is 26.8 Å². The lowest BCUT2D eigenvalue weighted by atomic mass is 10.2. The Morgan fingerprint density at radius 3 is 2.40 bits per heavy atom. The van der Waals surface area contributed by atoms with Crippen LogP contribution >= 0.6 is 0 Å². The van der Waals surface area contributed by atoms with Crippen molar-refractivity contribution in [1.82, 2.24) is 19.4 Å². The number of pyridine rings is 1. The van der Waals surface area contributed by atoms with Gasteiger partial charge in [0, 0.05) is 45.5 Å². The van der Waals surface area contributed by atoms with Gasteiger partial charge in [0.15, 0.2) is 5.69 Å². The molecular formula is C22H30F3N7O3. The summed E-state index contributed by atoms with van der Waals surface area (Å²) in [4.78, 5) is 49.0. The largest absolute Gasteiger partial charge is 0.417 e. The number of hydrogen-bond donors (Lipinski definition) is 2. The van der Waals surface area contributed by atoms with Crippen LogP contribution in [0.15, 0.2) is 27.9 Å². The van der Waals surface area contributed by atoms with E-state index in [1.54, 1.807) is 6.92 Å². The van der Waals surface area contributed by atoms with E-state index in [-0.39, 0.29) is 30.5 Å². The van der Waals surface area contributed by atoms with Crippen molar-refractivity contribution >= 4 is 23.2 Å². The molecule has 0 atom stereocenters. The van der Waals surface area contributed by atoms with Gasteiger partial charge in [-0.2, -0.15) is 13.2 Å². The second-order valence-electron chi connectivity index (χ2n) is 8.30. The van der Waals surface area contributed by atoms with Gasteiger partial charge in [0.2, 0.25) is 5.91 Å². The van der Waals surface area contributed by atoms with E-state index >= 15 is 0 Å². The molecule has 0 radical (unpaired) electrons. The molecular weight excluding hydrogens is 467 g/mol. The van der Waals surface area contributed by atoms with Gasteiger partial charge in [-0.15, -0.1) is 0 Å². The van der Waals surface area contributed by atoms with Gasteiger partial charge in [0.1, 0.15) is 11.6 Å². The number of nitrogens with two attached hydrogens (primary N) is 1. The number of nitrogen functional groups attached to an aromatic ring is 1. The lowest BCUT2D eigenvalue weighted by molar-refractivity contribution is -0.137. The molecule has 10 nitrogen and oxygen atoms in total. The molecule has 0 saturated carbocycles. The normalized spacial score (nSPS) is 14.8. The van der Waals surface area contributed by atoms with Crippen LogP contribution in [0, 0.1) is 0 Å². The average molecular weight is 498 g/mol. The van der Waals surface area contributed by atoms with E-state index in [1.165, 1.54) is 15.5 Å². The minimum atomic E-state index is -4.44. The third-order valence-electron chi connectivity index (χ3n) is 5.97. The van der Waals surface area contributed by atoms with Crippen LogP contribution in [0.2, 0.25) is 0 Å². The Labute approximate surface area is 200 Å². The van der Waals surface area contributed by atoms with Gasteiger partial charge in [0.05, 0.1) is 12.1 Å². The number of anilines is 3. The molecule has 192 valence electrons. The lowest BCUT2D eigenvalue weighted by Gasteiger charge is -2.36. The number of alkyl halides is 3. The average Bonchev–Trinajstić information content (AvgIpc) is 2.81. The van der Waals surface area contributed by atoms with E-state index in [0.29, 0.717) is 45.0 Å². The number of aromatic nitrogens is 3. The molecule has 3 N–H and O–H groups in total. The monoisotopic (exact) mass is 497 g/mol. The summed E-state index contributed by atoms with van der Waals surface area (Å²) >= 11 is 0. The van der Waals surface area contributed by atoms with Gasteiger partial charge < -0.3 is 15.5 Å². The van der Waals surface area contributed by atoms with Gasteiger partial charge in [-0.25, -0.2) is 9.78 Å². The van der Waals surface area contributed by atoms with Gasteiger partial charge in [0.25, 0.3) is 5.56 Å². The van der Waals surface area contributed by atoms with Crippen molar-refractivity contribution < 1.29 is 18.0 Å². The predicted molar refractivity (Wildman–Crippen MR) is 127 cm³/mol. The zero-order chi connectivity index (χ0) is 25.8. The minimum absolute atomic E-state index is 0.0229. The number of amides is 1. The smallest absolute Gasteiger partial charge is 0.383 e. The summed E-state index contributed by atoms with van der Waals surface area (Å²) in [5, 5.41) is 0. The van der Waals surface area contributed by atoms with E-state index in [9.17, 15) is 27.6 Å². The molecule has 1 saturated heterocycles. The molecule has 1 amide bonds. The SMILES string of the molecule is CCCCn1c(N)c(N(CC)C(=O)CN2CCN(c3ccc(C(F)(F)F)cn3)CC2)c(=O)[nH]c1=O. The molecule has 1 aliphatic rings. The van der Waals surface area contributed by atoms with E-state index in [1.807, 2.05) is 16.7 Å². The highest BCUT2D eigenvalue weighted by Gasteiger charge is 2.31.